The molecule has 3 aliphatic rings. The summed E-state index contributed by atoms with van der Waals surface area (Å²) in [6, 6.07) is 2.32. The zero-order chi connectivity index (χ0) is 20.0. The van der Waals surface area contributed by atoms with Crippen molar-refractivity contribution in [1.29, 1.82) is 0 Å². The van der Waals surface area contributed by atoms with Gasteiger partial charge in [-0.15, -0.1) is 0 Å². The van der Waals surface area contributed by atoms with Gasteiger partial charge in [-0.1, -0.05) is 0 Å². The van der Waals surface area contributed by atoms with Gasteiger partial charge in [-0.3, -0.25) is 14.5 Å². The average Bonchev–Trinajstić information content (AvgIpc) is 2.96. The summed E-state index contributed by atoms with van der Waals surface area (Å²) in [6.07, 6.45) is -0.653. The van der Waals surface area contributed by atoms with E-state index in [9.17, 15) is 23.2 Å². The van der Waals surface area contributed by atoms with Crippen LogP contribution in [-0.4, -0.2) is 56.7 Å². The van der Waals surface area contributed by atoms with Crippen LogP contribution < -0.4 is 20.4 Å². The zero-order valence-corrected chi connectivity index (χ0v) is 15.2. The van der Waals surface area contributed by atoms with E-state index in [1.807, 2.05) is 0 Å². The quantitative estimate of drug-likeness (QED) is 0.690. The normalized spacial score (nSPS) is 28.0. The van der Waals surface area contributed by atoms with Crippen molar-refractivity contribution in [3.05, 3.63) is 23.8 Å². The van der Waals surface area contributed by atoms with Crippen molar-refractivity contribution in [2.75, 3.05) is 36.0 Å². The standard InChI is InChI=1S/C18H20F2N4O4/c1-9(26)21-4-11-5-24(18(27)28-11)10-2-14(19)17(15(20)3-10)23-6-12-13(7-23)16(12)22-8-25/h2-3,8,11-13,16H,4-7H2,1H3,(H,21,26)(H,22,25). The number of rotatable bonds is 6. The van der Waals surface area contributed by atoms with Crippen LogP contribution in [-0.2, 0) is 14.3 Å². The van der Waals surface area contributed by atoms with E-state index < -0.39 is 23.8 Å². The van der Waals surface area contributed by atoms with Crippen LogP contribution in [0.3, 0.4) is 0 Å². The molecule has 2 aliphatic heterocycles. The Hall–Kier alpha value is -2.91. The zero-order valence-electron chi connectivity index (χ0n) is 15.2. The lowest BCUT2D eigenvalue weighted by molar-refractivity contribution is -0.119. The topological polar surface area (TPSA) is 91.0 Å². The molecule has 28 heavy (non-hydrogen) atoms. The van der Waals surface area contributed by atoms with Crippen molar-refractivity contribution >= 4 is 29.8 Å². The molecule has 2 N–H and O–H groups in total. The molecule has 10 heteroatoms. The van der Waals surface area contributed by atoms with Gasteiger partial charge in [-0.25, -0.2) is 13.6 Å². The van der Waals surface area contributed by atoms with Crippen LogP contribution in [0, 0.1) is 23.5 Å². The molecule has 0 aromatic heterocycles. The van der Waals surface area contributed by atoms with E-state index in [-0.39, 0.29) is 48.2 Å². The highest BCUT2D eigenvalue weighted by Crippen LogP contribution is 2.47. The second-order valence-electron chi connectivity index (χ2n) is 7.35. The maximum absolute atomic E-state index is 14.7. The number of ether oxygens (including phenoxy) is 1. The number of halogens is 2. The maximum atomic E-state index is 14.7. The molecule has 3 unspecified atom stereocenters. The molecule has 3 atom stereocenters. The molecule has 1 saturated carbocycles. The van der Waals surface area contributed by atoms with E-state index in [0.717, 1.165) is 17.0 Å². The van der Waals surface area contributed by atoms with E-state index in [2.05, 4.69) is 10.6 Å². The lowest BCUT2D eigenvalue weighted by atomic mass is 10.2. The Balaban J connectivity index is 1.46. The minimum atomic E-state index is -0.755. The predicted molar refractivity (Wildman–Crippen MR) is 94.8 cm³/mol. The maximum Gasteiger partial charge on any atom is 0.414 e. The van der Waals surface area contributed by atoms with E-state index in [4.69, 9.17) is 4.74 Å². The molecule has 3 fully saturated rings. The molecule has 2 heterocycles. The minimum absolute atomic E-state index is 0.0685. The Morgan fingerprint density at radius 3 is 2.46 bits per heavy atom. The molecule has 4 rings (SSSR count). The highest BCUT2D eigenvalue weighted by Gasteiger charge is 2.56. The SMILES string of the molecule is CC(=O)NCC1CN(c2cc(F)c(N3CC4C(C3)C4NC=O)c(F)c2)C(=O)O1. The largest absolute Gasteiger partial charge is 0.442 e. The first-order chi connectivity index (χ1) is 13.4. The number of piperidine rings is 1. The van der Waals surface area contributed by atoms with Crippen molar-refractivity contribution in [3.8, 4) is 0 Å². The van der Waals surface area contributed by atoms with Gasteiger partial charge in [0.05, 0.1) is 18.8 Å². The third kappa shape index (κ3) is 3.23. The highest BCUT2D eigenvalue weighted by molar-refractivity contribution is 5.90. The molecule has 150 valence electrons. The first kappa shape index (κ1) is 18.5. The molecule has 1 aromatic rings. The molecular weight excluding hydrogens is 374 g/mol. The monoisotopic (exact) mass is 394 g/mol. The van der Waals surface area contributed by atoms with Gasteiger partial charge in [0.25, 0.3) is 0 Å². The van der Waals surface area contributed by atoms with Crippen LogP contribution in [0.2, 0.25) is 0 Å². The van der Waals surface area contributed by atoms with E-state index >= 15 is 0 Å². The van der Waals surface area contributed by atoms with Crippen molar-refractivity contribution < 1.29 is 27.9 Å². The molecule has 0 spiro atoms. The van der Waals surface area contributed by atoms with Crippen LogP contribution in [0.5, 0.6) is 0 Å². The Bertz CT molecular complexity index is 801. The van der Waals surface area contributed by atoms with Gasteiger partial charge in [-0.05, 0) is 0 Å². The van der Waals surface area contributed by atoms with Gasteiger partial charge in [-0.2, -0.15) is 0 Å². The van der Waals surface area contributed by atoms with Gasteiger partial charge in [0.2, 0.25) is 12.3 Å². The number of hydrogen-bond acceptors (Lipinski definition) is 5. The fourth-order valence-corrected chi connectivity index (χ4v) is 4.14. The summed E-state index contributed by atoms with van der Waals surface area (Å²) in [6.45, 7) is 2.50. The summed E-state index contributed by atoms with van der Waals surface area (Å²) in [5.74, 6) is -1.37. The number of benzene rings is 1. The molecular formula is C18H20F2N4O4. The molecule has 1 aromatic carbocycles. The van der Waals surface area contributed by atoms with Crippen LogP contribution in [0.15, 0.2) is 12.1 Å². The molecule has 2 saturated heterocycles. The number of nitrogens with zero attached hydrogens (tertiary/aromatic N) is 2. The minimum Gasteiger partial charge on any atom is -0.442 e. The summed E-state index contributed by atoms with van der Waals surface area (Å²) in [5, 5.41) is 5.26. The summed E-state index contributed by atoms with van der Waals surface area (Å²) < 4.78 is 34.5. The van der Waals surface area contributed by atoms with Crippen LogP contribution in [0.25, 0.3) is 0 Å². The van der Waals surface area contributed by atoms with Gasteiger partial charge in [0, 0.05) is 50.0 Å². The number of hydrogen-bond donors (Lipinski definition) is 2. The molecule has 1 aliphatic carbocycles. The van der Waals surface area contributed by atoms with Crippen molar-refractivity contribution in [2.24, 2.45) is 11.8 Å². The average molecular weight is 394 g/mol. The van der Waals surface area contributed by atoms with Crippen molar-refractivity contribution in [1.82, 2.24) is 10.6 Å². The number of carbonyl (C=O) groups is 3. The number of fused-ring (bicyclic) bond motifs is 1. The van der Waals surface area contributed by atoms with Crippen LogP contribution in [0.1, 0.15) is 6.92 Å². The third-order valence-corrected chi connectivity index (χ3v) is 5.54. The lowest BCUT2D eigenvalue weighted by Gasteiger charge is -2.24. The summed E-state index contributed by atoms with van der Waals surface area (Å²) in [5.41, 5.74) is -0.0536. The molecule has 8 nitrogen and oxygen atoms in total. The number of carbonyl (C=O) groups excluding carboxylic acids is 3. The molecule has 0 bridgehead atoms. The first-order valence-corrected chi connectivity index (χ1v) is 9.05. The molecule has 3 amide bonds. The summed E-state index contributed by atoms with van der Waals surface area (Å²) >= 11 is 0. The van der Waals surface area contributed by atoms with Gasteiger partial charge >= 0.3 is 6.09 Å². The Morgan fingerprint density at radius 1 is 1.25 bits per heavy atom. The van der Waals surface area contributed by atoms with E-state index in [0.29, 0.717) is 19.5 Å². The second kappa shape index (κ2) is 6.92. The number of cyclic esters (lactones) is 1. The van der Waals surface area contributed by atoms with Gasteiger partial charge < -0.3 is 20.3 Å². The smallest absolute Gasteiger partial charge is 0.414 e. The van der Waals surface area contributed by atoms with E-state index in [1.54, 1.807) is 4.90 Å². The lowest BCUT2D eigenvalue weighted by Crippen LogP contribution is -2.33. The van der Waals surface area contributed by atoms with Gasteiger partial charge in [0.15, 0.2) is 11.6 Å². The Labute approximate surface area is 159 Å². The fourth-order valence-electron chi connectivity index (χ4n) is 4.14. The van der Waals surface area contributed by atoms with Crippen molar-refractivity contribution in [3.63, 3.8) is 0 Å². The van der Waals surface area contributed by atoms with Crippen LogP contribution in [0.4, 0.5) is 25.0 Å². The third-order valence-electron chi connectivity index (χ3n) is 5.54. The summed E-state index contributed by atoms with van der Waals surface area (Å²) in [7, 11) is 0. The summed E-state index contributed by atoms with van der Waals surface area (Å²) in [4.78, 5) is 36.3. The number of nitrogens with one attached hydrogen (secondary N) is 2. The number of anilines is 2. The fraction of sp³-hybridized carbons (Fsp3) is 0.500. The van der Waals surface area contributed by atoms with Crippen molar-refractivity contribution in [2.45, 2.75) is 19.1 Å². The Morgan fingerprint density at radius 2 is 1.89 bits per heavy atom. The predicted octanol–water partition coefficient (Wildman–Crippen LogP) is 0.607. The van der Waals surface area contributed by atoms with Gasteiger partial charge in [0.1, 0.15) is 11.8 Å². The molecule has 0 radical (unpaired) electrons. The van der Waals surface area contributed by atoms with Crippen LogP contribution >= 0.6 is 0 Å². The van der Waals surface area contributed by atoms with E-state index in [1.165, 1.54) is 6.92 Å². The second-order valence-corrected chi connectivity index (χ2v) is 7.35. The number of amides is 3. The highest BCUT2D eigenvalue weighted by atomic mass is 19.1. The Kier molecular flexibility index (Phi) is 4.56. The first-order valence-electron chi connectivity index (χ1n) is 9.05.